The average molecular weight is 630 g/mol. The molecule has 9 nitrogen and oxygen atoms in total. The van der Waals surface area contributed by atoms with Crippen LogP contribution in [0.5, 0.6) is 23.0 Å². The van der Waals surface area contributed by atoms with Gasteiger partial charge in [-0.1, -0.05) is 42.5 Å². The second-order valence-corrected chi connectivity index (χ2v) is 10.8. The number of amides is 1. The topological polar surface area (TPSA) is 104 Å². The number of ether oxygens (including phenoxy) is 5. The number of likely N-dealkylation sites (tertiary alicyclic amines) is 1. The van der Waals surface area contributed by atoms with Gasteiger partial charge in [0.1, 0.15) is 5.60 Å². The molecule has 0 aliphatic carbocycles. The summed E-state index contributed by atoms with van der Waals surface area (Å²) in [6.45, 7) is 2.27. The zero-order valence-corrected chi connectivity index (χ0v) is 24.8. The third kappa shape index (κ3) is 6.65. The summed E-state index contributed by atoms with van der Waals surface area (Å²) in [4.78, 5) is 26.8. The van der Waals surface area contributed by atoms with Gasteiger partial charge in [0.25, 0.3) is 6.10 Å². The number of methoxy groups -OCH3 is 1. The van der Waals surface area contributed by atoms with Gasteiger partial charge in [0.2, 0.25) is 6.79 Å². The number of aromatic hydroxyl groups is 1. The predicted molar refractivity (Wildman–Crippen MR) is 155 cm³/mol. The maximum absolute atomic E-state index is 13.9. The van der Waals surface area contributed by atoms with Crippen LogP contribution in [0.15, 0.2) is 66.7 Å². The second-order valence-electron chi connectivity index (χ2n) is 10.8. The molecule has 5 rings (SSSR count). The van der Waals surface area contributed by atoms with Crippen molar-refractivity contribution in [2.24, 2.45) is 5.92 Å². The van der Waals surface area contributed by atoms with Crippen molar-refractivity contribution in [3.05, 3.63) is 83.4 Å². The van der Waals surface area contributed by atoms with E-state index in [0.717, 1.165) is 0 Å². The number of piperidine rings is 1. The Morgan fingerprint density at radius 1 is 0.978 bits per heavy atom. The first-order chi connectivity index (χ1) is 21.6. The molecular weight excluding hydrogens is 595 g/mol. The van der Waals surface area contributed by atoms with Crippen LogP contribution in [-0.4, -0.2) is 67.8 Å². The van der Waals surface area contributed by atoms with Crippen molar-refractivity contribution >= 4 is 11.9 Å². The van der Waals surface area contributed by atoms with Crippen molar-refractivity contribution in [1.29, 1.82) is 0 Å². The summed E-state index contributed by atoms with van der Waals surface area (Å²) < 4.78 is 69.5. The van der Waals surface area contributed by atoms with Gasteiger partial charge in [-0.05, 0) is 66.6 Å². The van der Waals surface area contributed by atoms with Crippen molar-refractivity contribution in [1.82, 2.24) is 4.90 Å². The molecule has 1 saturated heterocycles. The molecule has 1 N–H and O–H groups in total. The summed E-state index contributed by atoms with van der Waals surface area (Å²) in [6.07, 6.45) is -9.06. The number of carbonyl (C=O) groups excluding carboxylic acids is 2. The SMILES string of the molecule is CCOc1cc(C(OC)(c2ccc3c(c2)OCO3)C2CCN(C(=O)OC(C(=O)Cc3ccccc3)C(F)(F)F)CC2)ccc1O. The number of rotatable bonds is 10. The largest absolute Gasteiger partial charge is 0.504 e. The molecule has 12 heteroatoms. The van der Waals surface area contributed by atoms with E-state index >= 15 is 0 Å². The summed E-state index contributed by atoms with van der Waals surface area (Å²) in [6, 6.07) is 18.3. The van der Waals surface area contributed by atoms with E-state index in [0.29, 0.717) is 47.6 Å². The van der Waals surface area contributed by atoms with E-state index in [9.17, 15) is 27.9 Å². The molecule has 0 radical (unpaired) electrons. The number of carbonyl (C=O) groups is 2. The lowest BCUT2D eigenvalue weighted by atomic mass is 9.71. The second kappa shape index (κ2) is 13.3. The number of alkyl halides is 3. The highest BCUT2D eigenvalue weighted by Crippen LogP contribution is 2.49. The monoisotopic (exact) mass is 629 g/mol. The van der Waals surface area contributed by atoms with E-state index in [1.165, 1.54) is 23.1 Å². The molecule has 240 valence electrons. The van der Waals surface area contributed by atoms with Gasteiger partial charge < -0.3 is 33.7 Å². The lowest BCUT2D eigenvalue weighted by Crippen LogP contribution is -2.49. The van der Waals surface area contributed by atoms with Crippen LogP contribution < -0.4 is 14.2 Å². The molecule has 0 aromatic heterocycles. The van der Waals surface area contributed by atoms with Crippen LogP contribution in [0.3, 0.4) is 0 Å². The van der Waals surface area contributed by atoms with Crippen molar-refractivity contribution < 1.29 is 51.6 Å². The van der Waals surface area contributed by atoms with Gasteiger partial charge in [0, 0.05) is 26.6 Å². The first-order valence-corrected chi connectivity index (χ1v) is 14.6. The molecule has 45 heavy (non-hydrogen) atoms. The molecular formula is C33H34F3NO8. The quantitative estimate of drug-likeness (QED) is 0.291. The van der Waals surface area contributed by atoms with E-state index in [-0.39, 0.29) is 37.3 Å². The number of ketones is 1. The third-order valence-corrected chi connectivity index (χ3v) is 8.17. The number of hydrogen-bond acceptors (Lipinski definition) is 8. The minimum absolute atomic E-state index is 0.0464. The molecule has 0 spiro atoms. The Balaban J connectivity index is 1.38. The van der Waals surface area contributed by atoms with Crippen LogP contribution in [0.1, 0.15) is 36.5 Å². The maximum Gasteiger partial charge on any atom is 0.432 e. The van der Waals surface area contributed by atoms with Crippen LogP contribution in [0, 0.1) is 5.92 Å². The molecule has 2 aliphatic rings. The summed E-state index contributed by atoms with van der Waals surface area (Å²) in [5.74, 6) is -0.230. The van der Waals surface area contributed by atoms with Crippen LogP contribution in [0.2, 0.25) is 0 Å². The minimum Gasteiger partial charge on any atom is -0.504 e. The van der Waals surface area contributed by atoms with Gasteiger partial charge in [-0.3, -0.25) is 4.79 Å². The Hall–Kier alpha value is -4.45. The summed E-state index contributed by atoms with van der Waals surface area (Å²) >= 11 is 0. The summed E-state index contributed by atoms with van der Waals surface area (Å²) in [5, 5.41) is 10.4. The molecule has 2 aliphatic heterocycles. The number of Topliss-reactive ketones (excluding diaryl/α,β-unsaturated/α-hetero) is 1. The molecule has 2 heterocycles. The number of fused-ring (bicyclic) bond motifs is 1. The number of phenols is 1. The van der Waals surface area contributed by atoms with Crippen molar-refractivity contribution in [3.8, 4) is 23.0 Å². The van der Waals surface area contributed by atoms with Crippen LogP contribution >= 0.6 is 0 Å². The van der Waals surface area contributed by atoms with Gasteiger partial charge in [-0.15, -0.1) is 0 Å². The van der Waals surface area contributed by atoms with E-state index in [2.05, 4.69) is 0 Å². The first kappa shape index (κ1) is 32.0. The fourth-order valence-electron chi connectivity index (χ4n) is 6.03. The van der Waals surface area contributed by atoms with Crippen LogP contribution in [-0.2, 0) is 26.3 Å². The Morgan fingerprint density at radius 2 is 1.64 bits per heavy atom. The van der Waals surface area contributed by atoms with Gasteiger partial charge in [0.15, 0.2) is 28.8 Å². The normalized spacial score (nSPS) is 17.0. The number of phenolic OH excluding ortho intramolecular Hbond substituents is 1. The number of hydrogen-bond donors (Lipinski definition) is 1. The fraction of sp³-hybridized carbons (Fsp3) is 0.394. The first-order valence-electron chi connectivity index (χ1n) is 14.6. The highest BCUT2D eigenvalue weighted by Gasteiger charge is 2.49. The fourth-order valence-corrected chi connectivity index (χ4v) is 6.03. The van der Waals surface area contributed by atoms with Crippen LogP contribution in [0.4, 0.5) is 18.0 Å². The standard InChI is InChI=1S/C33H34F3NO8/c1-3-42-28-18-23(9-11-25(28)38)32(41-2,24-10-12-27-29(19-24)44-20-43-27)22-13-15-37(16-14-22)31(40)45-30(33(34,35)36)26(39)17-21-7-5-4-6-8-21/h4-12,18-19,22,30,38H,3,13-17,20H2,1-2H3. The molecule has 2 atom stereocenters. The Morgan fingerprint density at radius 3 is 2.31 bits per heavy atom. The van der Waals surface area contributed by atoms with E-state index in [1.54, 1.807) is 50.4 Å². The van der Waals surface area contributed by atoms with E-state index in [1.807, 2.05) is 12.1 Å². The van der Waals surface area contributed by atoms with Crippen molar-refractivity contribution in [2.45, 2.75) is 44.1 Å². The average Bonchev–Trinajstić information content (AvgIpc) is 3.50. The van der Waals surface area contributed by atoms with E-state index < -0.39 is 36.2 Å². The van der Waals surface area contributed by atoms with Crippen molar-refractivity contribution in [3.63, 3.8) is 0 Å². The molecule has 0 bridgehead atoms. The highest BCUT2D eigenvalue weighted by atomic mass is 19.4. The van der Waals surface area contributed by atoms with E-state index in [4.69, 9.17) is 23.7 Å². The molecule has 1 fully saturated rings. The van der Waals surface area contributed by atoms with Gasteiger partial charge in [-0.2, -0.15) is 13.2 Å². The third-order valence-electron chi connectivity index (χ3n) is 8.17. The van der Waals surface area contributed by atoms with Gasteiger partial charge in [0.05, 0.1) is 6.61 Å². The predicted octanol–water partition coefficient (Wildman–Crippen LogP) is 6.00. The summed E-state index contributed by atoms with van der Waals surface area (Å²) in [7, 11) is 1.55. The van der Waals surface area contributed by atoms with Gasteiger partial charge >= 0.3 is 12.3 Å². The number of halogens is 3. The zero-order valence-electron chi connectivity index (χ0n) is 24.8. The summed E-state index contributed by atoms with van der Waals surface area (Å²) in [5.41, 5.74) is 0.632. The lowest BCUT2D eigenvalue weighted by Gasteiger charge is -2.44. The Kier molecular flexibility index (Phi) is 9.42. The molecule has 3 aromatic carbocycles. The lowest BCUT2D eigenvalue weighted by molar-refractivity contribution is -0.205. The number of nitrogens with zero attached hydrogens (tertiary/aromatic N) is 1. The Bertz CT molecular complexity index is 1510. The number of benzene rings is 3. The van der Waals surface area contributed by atoms with Crippen molar-refractivity contribution in [2.75, 3.05) is 33.6 Å². The maximum atomic E-state index is 13.9. The molecule has 2 unspecified atom stereocenters. The highest BCUT2D eigenvalue weighted by molar-refractivity contribution is 5.88. The Labute approximate surface area is 258 Å². The van der Waals surface area contributed by atoms with Gasteiger partial charge in [-0.25, -0.2) is 4.79 Å². The molecule has 3 aromatic rings. The zero-order chi connectivity index (χ0) is 32.2. The minimum atomic E-state index is -5.07. The van der Waals surface area contributed by atoms with Crippen LogP contribution in [0.25, 0.3) is 0 Å². The molecule has 0 saturated carbocycles. The smallest absolute Gasteiger partial charge is 0.432 e. The molecule has 1 amide bonds.